The van der Waals surface area contributed by atoms with Crippen molar-refractivity contribution in [2.75, 3.05) is 19.5 Å². The molecule has 0 aliphatic carbocycles. The van der Waals surface area contributed by atoms with Crippen LogP contribution in [0, 0.1) is 11.3 Å². The summed E-state index contributed by atoms with van der Waals surface area (Å²) in [6, 6.07) is 8.66. The lowest BCUT2D eigenvalue weighted by Crippen LogP contribution is -2.30. The topological polar surface area (TPSA) is 97.6 Å². The monoisotopic (exact) mass is 374 g/mol. The Morgan fingerprint density at radius 2 is 2.04 bits per heavy atom. The summed E-state index contributed by atoms with van der Waals surface area (Å²) in [5.74, 6) is 0.0356. The number of hydrogen-bond donors (Lipinski definition) is 1. The van der Waals surface area contributed by atoms with E-state index in [-0.39, 0.29) is 6.42 Å². The van der Waals surface area contributed by atoms with E-state index in [9.17, 15) is 9.59 Å². The van der Waals surface area contributed by atoms with Crippen molar-refractivity contribution < 1.29 is 23.8 Å². The second-order valence-corrected chi connectivity index (χ2v) is 6.17. The van der Waals surface area contributed by atoms with E-state index in [2.05, 4.69) is 5.32 Å². The minimum Gasteiger partial charge on any atom is -0.497 e. The highest BCUT2D eigenvalue weighted by atomic mass is 32.1. The SMILES string of the molecule is COc1ccc(CC(=O)O[C@@H](C)C(=O)Nc2sccc2C#N)c(OC)c1. The third kappa shape index (κ3) is 4.74. The van der Waals surface area contributed by atoms with Crippen molar-refractivity contribution in [2.24, 2.45) is 0 Å². The molecule has 8 heteroatoms. The zero-order valence-electron chi connectivity index (χ0n) is 14.6. The fraction of sp³-hybridized carbons (Fsp3) is 0.278. The minimum absolute atomic E-state index is 0.0484. The number of hydrogen-bond acceptors (Lipinski definition) is 7. The Bertz CT molecular complexity index is 840. The first-order chi connectivity index (χ1) is 12.5. The third-order valence-corrected chi connectivity index (χ3v) is 4.36. The van der Waals surface area contributed by atoms with Crippen LogP contribution in [-0.4, -0.2) is 32.2 Å². The quantitative estimate of drug-likeness (QED) is 0.749. The first-order valence-corrected chi connectivity index (χ1v) is 8.55. The first kappa shape index (κ1) is 19.3. The molecule has 0 saturated heterocycles. The summed E-state index contributed by atoms with van der Waals surface area (Å²) in [5, 5.41) is 13.7. The van der Waals surface area contributed by atoms with Crippen LogP contribution in [0.15, 0.2) is 29.6 Å². The number of carbonyl (C=O) groups excluding carboxylic acids is 2. The molecule has 1 aromatic carbocycles. The third-order valence-electron chi connectivity index (χ3n) is 3.53. The van der Waals surface area contributed by atoms with Gasteiger partial charge < -0.3 is 19.5 Å². The van der Waals surface area contributed by atoms with E-state index >= 15 is 0 Å². The van der Waals surface area contributed by atoms with Gasteiger partial charge in [-0.05, 0) is 24.4 Å². The highest BCUT2D eigenvalue weighted by Crippen LogP contribution is 2.25. The number of carbonyl (C=O) groups is 2. The average Bonchev–Trinajstić information content (AvgIpc) is 3.08. The highest BCUT2D eigenvalue weighted by molar-refractivity contribution is 7.14. The van der Waals surface area contributed by atoms with Crippen molar-refractivity contribution in [3.05, 3.63) is 40.8 Å². The van der Waals surface area contributed by atoms with Crippen LogP contribution in [0.2, 0.25) is 0 Å². The van der Waals surface area contributed by atoms with Crippen LogP contribution >= 0.6 is 11.3 Å². The molecule has 0 saturated carbocycles. The fourth-order valence-corrected chi connectivity index (χ4v) is 2.89. The van der Waals surface area contributed by atoms with Crippen LogP contribution in [0.1, 0.15) is 18.1 Å². The van der Waals surface area contributed by atoms with Crippen LogP contribution in [0.4, 0.5) is 5.00 Å². The van der Waals surface area contributed by atoms with Crippen molar-refractivity contribution in [3.8, 4) is 17.6 Å². The lowest BCUT2D eigenvalue weighted by Gasteiger charge is -2.14. The van der Waals surface area contributed by atoms with Gasteiger partial charge in [-0.3, -0.25) is 9.59 Å². The largest absolute Gasteiger partial charge is 0.497 e. The normalized spacial score (nSPS) is 11.2. The summed E-state index contributed by atoms with van der Waals surface area (Å²) in [6.07, 6.45) is -1.05. The second-order valence-electron chi connectivity index (χ2n) is 5.25. The molecule has 0 fully saturated rings. The molecule has 0 bridgehead atoms. The highest BCUT2D eigenvalue weighted by Gasteiger charge is 2.20. The van der Waals surface area contributed by atoms with Gasteiger partial charge in [-0.15, -0.1) is 11.3 Å². The van der Waals surface area contributed by atoms with Crippen LogP contribution in [0.25, 0.3) is 0 Å². The maximum Gasteiger partial charge on any atom is 0.311 e. The van der Waals surface area contributed by atoms with E-state index in [0.29, 0.717) is 27.6 Å². The van der Waals surface area contributed by atoms with Gasteiger partial charge in [0.25, 0.3) is 5.91 Å². The molecule has 1 N–H and O–H groups in total. The van der Waals surface area contributed by atoms with E-state index in [1.807, 2.05) is 6.07 Å². The summed E-state index contributed by atoms with van der Waals surface area (Å²) in [7, 11) is 3.03. The summed E-state index contributed by atoms with van der Waals surface area (Å²) >= 11 is 1.23. The number of nitriles is 1. The van der Waals surface area contributed by atoms with Crippen molar-refractivity contribution in [1.29, 1.82) is 5.26 Å². The van der Waals surface area contributed by atoms with Gasteiger partial charge >= 0.3 is 5.97 Å². The number of thiophene rings is 1. The van der Waals surface area contributed by atoms with Crippen molar-refractivity contribution in [3.63, 3.8) is 0 Å². The Balaban J connectivity index is 1.97. The van der Waals surface area contributed by atoms with Gasteiger partial charge in [-0.25, -0.2) is 0 Å². The number of esters is 1. The molecule has 0 aliphatic rings. The number of benzene rings is 1. The molecule has 1 amide bonds. The minimum atomic E-state index is -1.000. The molecule has 1 aromatic heterocycles. The molecule has 1 heterocycles. The predicted octanol–water partition coefficient (Wildman–Crippen LogP) is 2.75. The Morgan fingerprint density at radius 1 is 1.27 bits per heavy atom. The van der Waals surface area contributed by atoms with E-state index in [0.717, 1.165) is 0 Å². The molecule has 136 valence electrons. The smallest absolute Gasteiger partial charge is 0.311 e. The van der Waals surface area contributed by atoms with Gasteiger partial charge in [-0.2, -0.15) is 5.26 Å². The number of nitrogens with one attached hydrogen (secondary N) is 1. The molecule has 1 atom stereocenters. The average molecular weight is 374 g/mol. The van der Waals surface area contributed by atoms with Crippen molar-refractivity contribution >= 4 is 28.2 Å². The molecular formula is C18H18N2O5S. The van der Waals surface area contributed by atoms with E-state index in [4.69, 9.17) is 19.5 Å². The van der Waals surface area contributed by atoms with Crippen molar-refractivity contribution in [1.82, 2.24) is 0 Å². The van der Waals surface area contributed by atoms with Gasteiger partial charge in [0.15, 0.2) is 6.10 Å². The maximum absolute atomic E-state index is 12.1. The number of methoxy groups -OCH3 is 2. The first-order valence-electron chi connectivity index (χ1n) is 7.67. The number of amides is 1. The van der Waals surface area contributed by atoms with Crippen LogP contribution < -0.4 is 14.8 Å². The van der Waals surface area contributed by atoms with E-state index in [1.54, 1.807) is 29.6 Å². The van der Waals surface area contributed by atoms with Gasteiger partial charge in [0.2, 0.25) is 0 Å². The molecule has 26 heavy (non-hydrogen) atoms. The standard InChI is InChI=1S/C18H18N2O5S/c1-11(17(22)20-18-13(10-19)6-7-26-18)25-16(21)8-12-4-5-14(23-2)9-15(12)24-3/h4-7,9,11H,8H2,1-3H3,(H,20,22)/t11-/m0/s1. The molecule has 2 aromatic rings. The Hall–Kier alpha value is -3.05. The van der Waals surface area contributed by atoms with Gasteiger partial charge in [0.05, 0.1) is 26.2 Å². The maximum atomic E-state index is 12.1. The Kier molecular flexibility index (Phi) is 6.58. The number of nitrogens with zero attached hydrogens (tertiary/aromatic N) is 1. The van der Waals surface area contributed by atoms with Crippen LogP contribution in [0.5, 0.6) is 11.5 Å². The summed E-state index contributed by atoms with van der Waals surface area (Å²) < 4.78 is 15.5. The van der Waals surface area contributed by atoms with Crippen molar-refractivity contribution in [2.45, 2.75) is 19.4 Å². The lowest BCUT2D eigenvalue weighted by molar-refractivity contribution is -0.152. The second kappa shape index (κ2) is 8.87. The van der Waals surface area contributed by atoms with E-state index < -0.39 is 18.0 Å². The summed E-state index contributed by atoms with van der Waals surface area (Å²) in [4.78, 5) is 24.3. The van der Waals surface area contributed by atoms with Gasteiger partial charge in [0, 0.05) is 11.6 Å². The lowest BCUT2D eigenvalue weighted by atomic mass is 10.1. The zero-order chi connectivity index (χ0) is 19.1. The molecule has 0 aliphatic heterocycles. The Morgan fingerprint density at radius 3 is 2.69 bits per heavy atom. The predicted molar refractivity (Wildman–Crippen MR) is 96.5 cm³/mol. The van der Waals surface area contributed by atoms with E-state index in [1.165, 1.54) is 32.5 Å². The molecule has 0 radical (unpaired) electrons. The zero-order valence-corrected chi connectivity index (χ0v) is 15.4. The number of ether oxygens (including phenoxy) is 3. The Labute approximate surface area is 155 Å². The number of rotatable bonds is 7. The molecule has 0 unspecified atom stereocenters. The molecule has 2 rings (SSSR count). The van der Waals surface area contributed by atoms with Gasteiger partial charge in [0.1, 0.15) is 22.6 Å². The number of anilines is 1. The van der Waals surface area contributed by atoms with Crippen LogP contribution in [-0.2, 0) is 20.7 Å². The van der Waals surface area contributed by atoms with Gasteiger partial charge in [-0.1, -0.05) is 6.07 Å². The molecular weight excluding hydrogens is 356 g/mol. The molecule has 0 spiro atoms. The van der Waals surface area contributed by atoms with Crippen LogP contribution in [0.3, 0.4) is 0 Å². The molecule has 7 nitrogen and oxygen atoms in total. The fourth-order valence-electron chi connectivity index (χ4n) is 2.15. The summed E-state index contributed by atoms with van der Waals surface area (Å²) in [5.41, 5.74) is 0.987. The summed E-state index contributed by atoms with van der Waals surface area (Å²) in [6.45, 7) is 1.47.